The first-order valence-corrected chi connectivity index (χ1v) is 7.65. The van der Waals surface area contributed by atoms with Crippen molar-refractivity contribution in [1.82, 2.24) is 15.2 Å². The van der Waals surface area contributed by atoms with Crippen molar-refractivity contribution >= 4 is 34.0 Å². The van der Waals surface area contributed by atoms with Gasteiger partial charge in [0.05, 0.1) is 16.3 Å². The van der Waals surface area contributed by atoms with Crippen LogP contribution < -0.4 is 15.5 Å². The van der Waals surface area contributed by atoms with E-state index in [1.165, 1.54) is 16.9 Å². The number of β-amino-alcohol motifs (C(OH)–C–C–N with tert-alkyl or cyclic N) is 1. The van der Waals surface area contributed by atoms with Gasteiger partial charge in [-0.05, 0) is 17.7 Å². The molecule has 1 saturated heterocycles. The van der Waals surface area contributed by atoms with Gasteiger partial charge in [0, 0.05) is 39.1 Å². The molecule has 1 aromatic carbocycles. The fraction of sp³-hybridized carbons (Fsp3) is 0.500. The van der Waals surface area contributed by atoms with E-state index in [0.717, 1.165) is 29.9 Å². The van der Waals surface area contributed by atoms with Crippen molar-refractivity contribution in [2.75, 3.05) is 19.6 Å². The molecule has 0 radical (unpaired) electrons. The van der Waals surface area contributed by atoms with E-state index in [9.17, 15) is 9.90 Å². The molecule has 2 heterocycles. The molecule has 2 unspecified atom stereocenters. The van der Waals surface area contributed by atoms with Gasteiger partial charge >= 0.3 is 4.87 Å². The van der Waals surface area contributed by atoms with Crippen LogP contribution in [0.2, 0.25) is 0 Å². The molecule has 0 amide bonds. The molecule has 7 heteroatoms. The Bertz CT molecular complexity index is 670. The van der Waals surface area contributed by atoms with Gasteiger partial charge in [-0.1, -0.05) is 17.4 Å². The minimum atomic E-state index is -0.246. The number of nitrogens with zero attached hydrogens (tertiary/aromatic N) is 1. The Morgan fingerprint density at radius 1 is 1.48 bits per heavy atom. The summed E-state index contributed by atoms with van der Waals surface area (Å²) in [5.74, 6) is 0.284. The summed E-state index contributed by atoms with van der Waals surface area (Å²) in [6.45, 7) is 3.12. The SMILES string of the molecule is Cl.Cn1c(=O)sc2cc(CNCC3CNCC3O)ccc21. The van der Waals surface area contributed by atoms with Crippen molar-refractivity contribution in [1.29, 1.82) is 0 Å². The number of halogens is 1. The molecule has 0 aliphatic carbocycles. The highest BCUT2D eigenvalue weighted by Gasteiger charge is 2.23. The van der Waals surface area contributed by atoms with Crippen LogP contribution in [-0.4, -0.2) is 35.4 Å². The van der Waals surface area contributed by atoms with Gasteiger partial charge in [0.2, 0.25) is 0 Å². The van der Waals surface area contributed by atoms with Gasteiger partial charge in [-0.2, -0.15) is 0 Å². The Morgan fingerprint density at radius 3 is 3.00 bits per heavy atom. The zero-order valence-corrected chi connectivity index (χ0v) is 13.5. The summed E-state index contributed by atoms with van der Waals surface area (Å²) >= 11 is 1.28. The topological polar surface area (TPSA) is 66.3 Å². The van der Waals surface area contributed by atoms with Gasteiger partial charge < -0.3 is 20.3 Å². The zero-order valence-electron chi connectivity index (χ0n) is 11.8. The molecule has 3 N–H and O–H groups in total. The van der Waals surface area contributed by atoms with E-state index in [4.69, 9.17) is 0 Å². The van der Waals surface area contributed by atoms with Gasteiger partial charge in [0.15, 0.2) is 0 Å². The number of aliphatic hydroxyl groups is 1. The van der Waals surface area contributed by atoms with Crippen molar-refractivity contribution in [2.24, 2.45) is 13.0 Å². The van der Waals surface area contributed by atoms with Gasteiger partial charge in [0.25, 0.3) is 0 Å². The van der Waals surface area contributed by atoms with Gasteiger partial charge in [0.1, 0.15) is 0 Å². The molecule has 1 fully saturated rings. The Hall–Kier alpha value is -0.920. The zero-order chi connectivity index (χ0) is 14.1. The highest BCUT2D eigenvalue weighted by Crippen LogP contribution is 2.18. The normalized spacial score (nSPS) is 21.6. The second kappa shape index (κ2) is 6.89. The molecular formula is C14H20ClN3O2S. The fourth-order valence-electron chi connectivity index (χ4n) is 2.62. The molecular weight excluding hydrogens is 310 g/mol. The van der Waals surface area contributed by atoms with Crippen molar-refractivity contribution in [2.45, 2.75) is 12.6 Å². The van der Waals surface area contributed by atoms with Crippen LogP contribution in [0.3, 0.4) is 0 Å². The molecule has 5 nitrogen and oxygen atoms in total. The second-order valence-electron chi connectivity index (χ2n) is 5.35. The fourth-order valence-corrected chi connectivity index (χ4v) is 3.56. The number of aromatic nitrogens is 1. The third-order valence-corrected chi connectivity index (χ3v) is 4.89. The quantitative estimate of drug-likeness (QED) is 0.772. The molecule has 116 valence electrons. The van der Waals surface area contributed by atoms with E-state index in [0.29, 0.717) is 6.54 Å². The molecule has 3 rings (SSSR count). The summed E-state index contributed by atoms with van der Waals surface area (Å²) in [6, 6.07) is 6.11. The number of hydrogen-bond acceptors (Lipinski definition) is 5. The number of thiazole rings is 1. The van der Waals surface area contributed by atoms with Crippen LogP contribution in [0.5, 0.6) is 0 Å². The van der Waals surface area contributed by atoms with E-state index >= 15 is 0 Å². The number of hydrogen-bond donors (Lipinski definition) is 3. The summed E-state index contributed by atoms with van der Waals surface area (Å²) in [4.78, 5) is 11.7. The second-order valence-corrected chi connectivity index (χ2v) is 6.34. The average molecular weight is 330 g/mol. The summed E-state index contributed by atoms with van der Waals surface area (Å²) < 4.78 is 2.71. The Balaban J connectivity index is 0.00000161. The highest BCUT2D eigenvalue weighted by atomic mass is 35.5. The summed E-state index contributed by atoms with van der Waals surface area (Å²) in [6.07, 6.45) is -0.246. The average Bonchev–Trinajstić information content (AvgIpc) is 2.95. The number of fused-ring (bicyclic) bond motifs is 1. The molecule has 1 aliphatic heterocycles. The lowest BCUT2D eigenvalue weighted by molar-refractivity contribution is 0.146. The predicted octanol–water partition coefficient (Wildman–Crippen LogP) is 0.692. The maximum Gasteiger partial charge on any atom is 0.307 e. The summed E-state index contributed by atoms with van der Waals surface area (Å²) in [7, 11) is 1.80. The number of rotatable bonds is 4. The molecule has 2 aromatic rings. The van der Waals surface area contributed by atoms with E-state index in [2.05, 4.69) is 16.7 Å². The molecule has 21 heavy (non-hydrogen) atoms. The van der Waals surface area contributed by atoms with Crippen LogP contribution in [0.15, 0.2) is 23.0 Å². The maximum absolute atomic E-state index is 11.6. The third-order valence-electron chi connectivity index (χ3n) is 3.90. The number of nitrogens with one attached hydrogen (secondary N) is 2. The standard InChI is InChI=1S/C14H19N3O2S.ClH/c1-17-11-3-2-9(4-13(11)20-14(17)19)5-15-6-10-7-16-8-12(10)18;/h2-4,10,12,15-16,18H,5-8H2,1H3;1H. The minimum Gasteiger partial charge on any atom is -0.391 e. The maximum atomic E-state index is 11.6. The first kappa shape index (κ1) is 16.5. The summed E-state index contributed by atoms with van der Waals surface area (Å²) in [5, 5.41) is 16.3. The molecule has 2 atom stereocenters. The largest absolute Gasteiger partial charge is 0.391 e. The van der Waals surface area contributed by atoms with E-state index in [1.54, 1.807) is 11.6 Å². The molecule has 0 bridgehead atoms. The van der Waals surface area contributed by atoms with Crippen LogP contribution in [0.25, 0.3) is 10.2 Å². The van der Waals surface area contributed by atoms with Crippen LogP contribution in [0, 0.1) is 5.92 Å². The summed E-state index contributed by atoms with van der Waals surface area (Å²) in [5.41, 5.74) is 2.15. The van der Waals surface area contributed by atoms with Crippen LogP contribution in [0.1, 0.15) is 5.56 Å². The number of aliphatic hydroxyl groups excluding tert-OH is 1. The first-order valence-electron chi connectivity index (χ1n) is 6.83. The minimum absolute atomic E-state index is 0. The smallest absolute Gasteiger partial charge is 0.307 e. The van der Waals surface area contributed by atoms with Gasteiger partial charge in [-0.3, -0.25) is 4.79 Å². The number of aryl methyl sites for hydroxylation is 1. The van der Waals surface area contributed by atoms with Crippen molar-refractivity contribution in [3.63, 3.8) is 0 Å². The monoisotopic (exact) mass is 329 g/mol. The van der Waals surface area contributed by atoms with Crippen LogP contribution in [0.4, 0.5) is 0 Å². The van der Waals surface area contributed by atoms with Crippen molar-refractivity contribution in [3.05, 3.63) is 33.4 Å². The van der Waals surface area contributed by atoms with Crippen LogP contribution >= 0.6 is 23.7 Å². The first-order chi connectivity index (χ1) is 9.65. The highest BCUT2D eigenvalue weighted by molar-refractivity contribution is 7.16. The van der Waals surface area contributed by atoms with E-state index in [-0.39, 0.29) is 29.3 Å². The Morgan fingerprint density at radius 2 is 2.29 bits per heavy atom. The molecule has 1 aromatic heterocycles. The lowest BCUT2D eigenvalue weighted by atomic mass is 10.1. The van der Waals surface area contributed by atoms with E-state index < -0.39 is 0 Å². The lowest BCUT2D eigenvalue weighted by Crippen LogP contribution is -2.30. The molecule has 0 saturated carbocycles. The number of benzene rings is 1. The molecule has 0 spiro atoms. The lowest BCUT2D eigenvalue weighted by Gasteiger charge is -2.14. The Kier molecular flexibility index (Phi) is 5.40. The third kappa shape index (κ3) is 3.46. The Labute approximate surface area is 133 Å². The predicted molar refractivity (Wildman–Crippen MR) is 88.4 cm³/mol. The van der Waals surface area contributed by atoms with Crippen molar-refractivity contribution < 1.29 is 5.11 Å². The van der Waals surface area contributed by atoms with Gasteiger partial charge in [-0.15, -0.1) is 12.4 Å². The van der Waals surface area contributed by atoms with Gasteiger partial charge in [-0.25, -0.2) is 0 Å². The molecule has 1 aliphatic rings. The van der Waals surface area contributed by atoms with E-state index in [1.807, 2.05) is 12.1 Å². The van der Waals surface area contributed by atoms with Crippen molar-refractivity contribution in [3.8, 4) is 0 Å². The van der Waals surface area contributed by atoms with Crippen LogP contribution in [-0.2, 0) is 13.6 Å².